The Morgan fingerprint density at radius 1 is 1.29 bits per heavy atom. The standard InChI is InChI=1S/C10H10N2OS/c11-5-10-12-6-9(14-10)7-1-3-8(13)4-2-7/h1-4,6,13H,5,11H2. The molecule has 1 aromatic heterocycles. The maximum Gasteiger partial charge on any atom is 0.115 e. The fraction of sp³-hybridized carbons (Fsp3) is 0.100. The Balaban J connectivity index is 2.34. The highest BCUT2D eigenvalue weighted by Gasteiger charge is 2.02. The lowest BCUT2D eigenvalue weighted by molar-refractivity contribution is 0.475. The van der Waals surface area contributed by atoms with Crippen LogP contribution in [0.15, 0.2) is 30.5 Å². The van der Waals surface area contributed by atoms with Crippen molar-refractivity contribution in [1.29, 1.82) is 0 Å². The zero-order chi connectivity index (χ0) is 9.97. The van der Waals surface area contributed by atoms with Gasteiger partial charge in [0.15, 0.2) is 0 Å². The Morgan fingerprint density at radius 3 is 2.57 bits per heavy atom. The molecule has 0 aliphatic rings. The van der Waals surface area contributed by atoms with Gasteiger partial charge in [0.2, 0.25) is 0 Å². The Labute approximate surface area is 85.8 Å². The third kappa shape index (κ3) is 1.76. The molecule has 0 bridgehead atoms. The molecule has 0 spiro atoms. The fourth-order valence-electron chi connectivity index (χ4n) is 1.16. The van der Waals surface area contributed by atoms with Crippen LogP contribution >= 0.6 is 11.3 Å². The monoisotopic (exact) mass is 206 g/mol. The Morgan fingerprint density at radius 2 is 2.00 bits per heavy atom. The van der Waals surface area contributed by atoms with Crippen LogP contribution in [0.25, 0.3) is 10.4 Å². The van der Waals surface area contributed by atoms with E-state index < -0.39 is 0 Å². The van der Waals surface area contributed by atoms with Crippen molar-refractivity contribution in [1.82, 2.24) is 4.98 Å². The first-order valence-electron chi connectivity index (χ1n) is 4.24. The minimum absolute atomic E-state index is 0.275. The third-order valence-electron chi connectivity index (χ3n) is 1.88. The van der Waals surface area contributed by atoms with E-state index in [1.54, 1.807) is 29.7 Å². The van der Waals surface area contributed by atoms with Crippen molar-refractivity contribution in [3.8, 4) is 16.2 Å². The van der Waals surface area contributed by atoms with Crippen LogP contribution in [0.4, 0.5) is 0 Å². The van der Waals surface area contributed by atoms with Gasteiger partial charge in [-0.15, -0.1) is 11.3 Å². The number of aromatic hydroxyl groups is 1. The minimum atomic E-state index is 0.275. The summed E-state index contributed by atoms with van der Waals surface area (Å²) in [7, 11) is 0. The smallest absolute Gasteiger partial charge is 0.115 e. The molecule has 0 aliphatic heterocycles. The summed E-state index contributed by atoms with van der Waals surface area (Å²) in [5, 5.41) is 10.0. The SMILES string of the molecule is NCc1ncc(-c2ccc(O)cc2)s1. The average molecular weight is 206 g/mol. The minimum Gasteiger partial charge on any atom is -0.508 e. The van der Waals surface area contributed by atoms with Crippen LogP contribution in [-0.2, 0) is 6.54 Å². The van der Waals surface area contributed by atoms with Gasteiger partial charge in [-0.05, 0) is 29.8 Å². The molecular formula is C10H10N2OS. The number of thiazole rings is 1. The van der Waals surface area contributed by atoms with Gasteiger partial charge >= 0.3 is 0 Å². The lowest BCUT2D eigenvalue weighted by Crippen LogP contribution is -1.93. The summed E-state index contributed by atoms with van der Waals surface area (Å²) in [5.41, 5.74) is 6.53. The van der Waals surface area contributed by atoms with Crippen LogP contribution in [0.1, 0.15) is 5.01 Å². The van der Waals surface area contributed by atoms with E-state index in [0.717, 1.165) is 15.4 Å². The van der Waals surface area contributed by atoms with Crippen molar-refractivity contribution in [2.75, 3.05) is 0 Å². The fourth-order valence-corrected chi connectivity index (χ4v) is 1.97. The van der Waals surface area contributed by atoms with Crippen LogP contribution in [0, 0.1) is 0 Å². The molecule has 1 aromatic carbocycles. The number of hydrogen-bond acceptors (Lipinski definition) is 4. The molecule has 0 radical (unpaired) electrons. The lowest BCUT2D eigenvalue weighted by atomic mass is 10.2. The number of phenols is 1. The van der Waals surface area contributed by atoms with Crippen molar-refractivity contribution in [3.05, 3.63) is 35.5 Å². The average Bonchev–Trinajstić information content (AvgIpc) is 2.67. The van der Waals surface area contributed by atoms with Gasteiger partial charge in [-0.1, -0.05) is 0 Å². The maximum atomic E-state index is 9.12. The number of nitrogens with two attached hydrogens (primary N) is 1. The predicted octanol–water partition coefficient (Wildman–Crippen LogP) is 1.97. The summed E-state index contributed by atoms with van der Waals surface area (Å²) >= 11 is 1.57. The van der Waals surface area contributed by atoms with Gasteiger partial charge in [-0.25, -0.2) is 4.98 Å². The van der Waals surface area contributed by atoms with Gasteiger partial charge in [-0.3, -0.25) is 0 Å². The van der Waals surface area contributed by atoms with Gasteiger partial charge < -0.3 is 10.8 Å². The van der Waals surface area contributed by atoms with Gasteiger partial charge in [0.05, 0.1) is 4.88 Å². The number of hydrogen-bond donors (Lipinski definition) is 2. The van der Waals surface area contributed by atoms with Crippen molar-refractivity contribution in [3.63, 3.8) is 0 Å². The van der Waals surface area contributed by atoms with Crippen LogP contribution in [0.2, 0.25) is 0 Å². The molecule has 0 saturated carbocycles. The van der Waals surface area contributed by atoms with E-state index in [9.17, 15) is 0 Å². The number of aromatic nitrogens is 1. The topological polar surface area (TPSA) is 59.1 Å². The van der Waals surface area contributed by atoms with Crippen LogP contribution in [0.3, 0.4) is 0 Å². The summed E-state index contributed by atoms with van der Waals surface area (Å²) in [6, 6.07) is 7.06. The molecule has 3 N–H and O–H groups in total. The molecule has 0 saturated heterocycles. The van der Waals surface area contributed by atoms with Gasteiger partial charge in [0.1, 0.15) is 10.8 Å². The first-order valence-corrected chi connectivity index (χ1v) is 5.05. The Hall–Kier alpha value is -1.39. The zero-order valence-electron chi connectivity index (χ0n) is 7.47. The first-order chi connectivity index (χ1) is 6.79. The quantitative estimate of drug-likeness (QED) is 0.789. The summed E-state index contributed by atoms with van der Waals surface area (Å²) in [6.45, 7) is 0.475. The second-order valence-corrected chi connectivity index (χ2v) is 3.98. The Bertz CT molecular complexity index is 422. The number of phenolic OH excluding ortho intramolecular Hbond substituents is 1. The number of rotatable bonds is 2. The first kappa shape index (κ1) is 9.18. The van der Waals surface area contributed by atoms with Crippen LogP contribution < -0.4 is 5.73 Å². The maximum absolute atomic E-state index is 9.12. The second kappa shape index (κ2) is 3.77. The highest BCUT2D eigenvalue weighted by Crippen LogP contribution is 2.26. The van der Waals surface area contributed by atoms with E-state index in [1.807, 2.05) is 12.1 Å². The third-order valence-corrected chi connectivity index (χ3v) is 2.95. The van der Waals surface area contributed by atoms with Crippen molar-refractivity contribution < 1.29 is 5.11 Å². The molecule has 0 fully saturated rings. The zero-order valence-corrected chi connectivity index (χ0v) is 8.29. The van der Waals surface area contributed by atoms with Gasteiger partial charge in [-0.2, -0.15) is 0 Å². The van der Waals surface area contributed by atoms with Crippen molar-refractivity contribution in [2.45, 2.75) is 6.54 Å². The normalized spacial score (nSPS) is 10.4. The summed E-state index contributed by atoms with van der Waals surface area (Å²) in [4.78, 5) is 5.24. The molecule has 0 unspecified atom stereocenters. The molecule has 2 aromatic rings. The molecule has 0 aliphatic carbocycles. The predicted molar refractivity (Wildman–Crippen MR) is 57.1 cm³/mol. The van der Waals surface area contributed by atoms with E-state index in [0.29, 0.717) is 6.54 Å². The van der Waals surface area contributed by atoms with E-state index in [-0.39, 0.29) is 5.75 Å². The molecule has 1 heterocycles. The number of nitrogens with zero attached hydrogens (tertiary/aromatic N) is 1. The molecule has 3 nitrogen and oxygen atoms in total. The van der Waals surface area contributed by atoms with Crippen LogP contribution in [-0.4, -0.2) is 10.1 Å². The summed E-state index contributed by atoms with van der Waals surface area (Å²) < 4.78 is 0. The van der Waals surface area contributed by atoms with E-state index in [2.05, 4.69) is 4.98 Å². The molecule has 2 rings (SSSR count). The molecule has 4 heteroatoms. The van der Waals surface area contributed by atoms with Crippen molar-refractivity contribution >= 4 is 11.3 Å². The highest BCUT2D eigenvalue weighted by atomic mass is 32.1. The van der Waals surface area contributed by atoms with Gasteiger partial charge in [0, 0.05) is 12.7 Å². The highest BCUT2D eigenvalue weighted by molar-refractivity contribution is 7.15. The van der Waals surface area contributed by atoms with Crippen LogP contribution in [0.5, 0.6) is 5.75 Å². The summed E-state index contributed by atoms with van der Waals surface area (Å²) in [5.74, 6) is 0.275. The Kier molecular flexibility index (Phi) is 2.47. The molecule has 0 atom stereocenters. The van der Waals surface area contributed by atoms with Crippen molar-refractivity contribution in [2.24, 2.45) is 5.73 Å². The van der Waals surface area contributed by atoms with E-state index in [4.69, 9.17) is 10.8 Å². The second-order valence-electron chi connectivity index (χ2n) is 2.87. The number of benzene rings is 1. The summed E-state index contributed by atoms with van der Waals surface area (Å²) in [6.07, 6.45) is 1.80. The molecule has 14 heavy (non-hydrogen) atoms. The van der Waals surface area contributed by atoms with Gasteiger partial charge in [0.25, 0.3) is 0 Å². The molecule has 0 amide bonds. The largest absolute Gasteiger partial charge is 0.508 e. The molecule has 72 valence electrons. The molecular weight excluding hydrogens is 196 g/mol. The lowest BCUT2D eigenvalue weighted by Gasteiger charge is -1.95. The van der Waals surface area contributed by atoms with E-state index in [1.165, 1.54) is 0 Å². The van der Waals surface area contributed by atoms with E-state index >= 15 is 0 Å².